The molecular weight excluding hydrogens is 382 g/mol. The van der Waals surface area contributed by atoms with Crippen molar-refractivity contribution in [2.75, 3.05) is 13.7 Å². The van der Waals surface area contributed by atoms with Gasteiger partial charge >= 0.3 is 0 Å². The summed E-state index contributed by atoms with van der Waals surface area (Å²) in [6.45, 7) is 0.592. The van der Waals surface area contributed by atoms with E-state index < -0.39 is 0 Å². The first-order valence-electron chi connectivity index (χ1n) is 9.96. The summed E-state index contributed by atoms with van der Waals surface area (Å²) >= 11 is 0. The van der Waals surface area contributed by atoms with E-state index in [2.05, 4.69) is 4.98 Å². The number of benzene rings is 2. The summed E-state index contributed by atoms with van der Waals surface area (Å²) in [6.07, 6.45) is 3.24. The van der Waals surface area contributed by atoms with Gasteiger partial charge in [-0.1, -0.05) is 24.3 Å². The number of nitrogens with zero attached hydrogens (tertiary/aromatic N) is 3. The third-order valence-electron chi connectivity index (χ3n) is 5.71. The average molecular weight is 403 g/mol. The first-order chi connectivity index (χ1) is 14.7. The molecule has 5 rings (SSSR count). The van der Waals surface area contributed by atoms with Crippen LogP contribution in [0.3, 0.4) is 0 Å². The highest BCUT2D eigenvalue weighted by molar-refractivity contribution is 6.01. The Hall–Kier alpha value is -3.61. The molecule has 2 aromatic carbocycles. The maximum absolute atomic E-state index is 13.1. The molecule has 1 aliphatic rings. The number of carbonyl (C=O) groups is 1. The number of aromatic nitrogens is 2. The van der Waals surface area contributed by atoms with Gasteiger partial charge in [-0.25, -0.2) is 4.98 Å². The van der Waals surface area contributed by atoms with Crippen LogP contribution >= 0.6 is 0 Å². The van der Waals surface area contributed by atoms with Crippen LogP contribution in [0, 0.1) is 0 Å². The van der Waals surface area contributed by atoms with E-state index in [9.17, 15) is 9.59 Å². The molecule has 0 N–H and O–H groups in total. The molecule has 2 aromatic heterocycles. The molecule has 0 aliphatic carbocycles. The second kappa shape index (κ2) is 7.33. The zero-order valence-electron chi connectivity index (χ0n) is 16.6. The van der Waals surface area contributed by atoms with Gasteiger partial charge in [-0.05, 0) is 42.7 Å². The fraction of sp³-hybridized carbons (Fsp3) is 0.261. The van der Waals surface area contributed by atoms with Crippen molar-refractivity contribution in [3.63, 3.8) is 0 Å². The number of methoxy groups -OCH3 is 1. The molecule has 0 saturated carbocycles. The lowest BCUT2D eigenvalue weighted by Crippen LogP contribution is -2.36. The van der Waals surface area contributed by atoms with Gasteiger partial charge in [0.2, 0.25) is 11.5 Å². The Bertz CT molecular complexity index is 1310. The minimum absolute atomic E-state index is 0.0220. The minimum Gasteiger partial charge on any atom is -0.497 e. The van der Waals surface area contributed by atoms with Gasteiger partial charge in [0.1, 0.15) is 23.4 Å². The molecule has 3 heterocycles. The van der Waals surface area contributed by atoms with Gasteiger partial charge in [-0.3, -0.25) is 14.2 Å². The van der Waals surface area contributed by atoms with Crippen molar-refractivity contribution in [2.24, 2.45) is 0 Å². The molecule has 1 amide bonds. The number of para-hydroxylation sites is 1. The van der Waals surface area contributed by atoms with Gasteiger partial charge in [-0.15, -0.1) is 0 Å². The molecule has 4 aromatic rings. The third kappa shape index (κ3) is 3.03. The Kier molecular flexibility index (Phi) is 4.50. The molecule has 1 unspecified atom stereocenters. The quantitative estimate of drug-likeness (QED) is 0.521. The molecule has 30 heavy (non-hydrogen) atoms. The van der Waals surface area contributed by atoms with Crippen molar-refractivity contribution < 1.29 is 13.9 Å². The number of fused-ring (bicyclic) bond motifs is 3. The highest BCUT2D eigenvalue weighted by Gasteiger charge is 2.30. The number of hydrogen-bond donors (Lipinski definition) is 0. The van der Waals surface area contributed by atoms with Crippen molar-refractivity contribution in [3.8, 4) is 5.75 Å². The molecule has 1 fully saturated rings. The molecule has 7 nitrogen and oxygen atoms in total. The van der Waals surface area contributed by atoms with Crippen LogP contribution in [0.2, 0.25) is 0 Å². The van der Waals surface area contributed by atoms with E-state index in [4.69, 9.17) is 9.15 Å². The van der Waals surface area contributed by atoms with Crippen LogP contribution in [0.5, 0.6) is 5.75 Å². The van der Waals surface area contributed by atoms with Crippen molar-refractivity contribution in [1.82, 2.24) is 14.5 Å². The maximum Gasteiger partial charge on any atom is 0.297 e. The highest BCUT2D eigenvalue weighted by Crippen LogP contribution is 2.33. The largest absolute Gasteiger partial charge is 0.497 e. The first-order valence-corrected chi connectivity index (χ1v) is 9.96. The predicted octanol–water partition coefficient (Wildman–Crippen LogP) is 3.52. The molecule has 1 saturated heterocycles. The maximum atomic E-state index is 13.1. The Morgan fingerprint density at radius 3 is 2.97 bits per heavy atom. The monoisotopic (exact) mass is 403 g/mol. The highest BCUT2D eigenvalue weighted by atomic mass is 16.5. The number of ether oxygens (including phenoxy) is 1. The zero-order chi connectivity index (χ0) is 20.7. The van der Waals surface area contributed by atoms with Crippen LogP contribution in [0.15, 0.2) is 64.1 Å². The van der Waals surface area contributed by atoms with Gasteiger partial charge in [0, 0.05) is 11.9 Å². The predicted molar refractivity (Wildman–Crippen MR) is 112 cm³/mol. The van der Waals surface area contributed by atoms with E-state index in [1.54, 1.807) is 13.2 Å². The Morgan fingerprint density at radius 2 is 2.10 bits per heavy atom. The van der Waals surface area contributed by atoms with Gasteiger partial charge < -0.3 is 14.1 Å². The third-order valence-corrected chi connectivity index (χ3v) is 5.71. The minimum atomic E-state index is -0.346. The first kappa shape index (κ1) is 18.4. The molecule has 0 spiro atoms. The normalized spacial score (nSPS) is 16.4. The van der Waals surface area contributed by atoms with Crippen molar-refractivity contribution in [1.29, 1.82) is 0 Å². The van der Waals surface area contributed by atoms with E-state index in [1.165, 1.54) is 10.9 Å². The number of likely N-dealkylation sites (tertiary alicyclic amines) is 1. The molecule has 7 heteroatoms. The summed E-state index contributed by atoms with van der Waals surface area (Å²) in [7, 11) is 1.63. The second-order valence-corrected chi connectivity index (χ2v) is 7.48. The second-order valence-electron chi connectivity index (χ2n) is 7.48. The van der Waals surface area contributed by atoms with Crippen molar-refractivity contribution in [2.45, 2.75) is 25.4 Å². The standard InChI is InChI=1S/C23H21N3O4/c1-29-16-7-4-6-15(12-16)18-9-5-11-26(18)20(27)13-25-14-24-21-17-8-2-3-10-19(17)30-22(21)23(25)28/h2-4,6-8,10,12,14,18H,5,9,11,13H2,1H3. The summed E-state index contributed by atoms with van der Waals surface area (Å²) in [5, 5.41) is 0.792. The van der Waals surface area contributed by atoms with Crippen LogP contribution in [0.1, 0.15) is 24.4 Å². The lowest BCUT2D eigenvalue weighted by atomic mass is 10.0. The van der Waals surface area contributed by atoms with E-state index >= 15 is 0 Å². The summed E-state index contributed by atoms with van der Waals surface area (Å²) in [6, 6.07) is 15.2. The molecule has 0 bridgehead atoms. The fourth-order valence-electron chi connectivity index (χ4n) is 4.23. The lowest BCUT2D eigenvalue weighted by molar-refractivity contribution is -0.132. The van der Waals surface area contributed by atoms with Gasteiger partial charge in [0.15, 0.2) is 0 Å². The Morgan fingerprint density at radius 1 is 1.23 bits per heavy atom. The molecule has 1 atom stereocenters. The number of furan rings is 1. The van der Waals surface area contributed by atoms with Crippen LogP contribution in [-0.4, -0.2) is 34.0 Å². The molecule has 152 valence electrons. The Balaban J connectivity index is 1.44. The molecule has 0 radical (unpaired) electrons. The van der Waals surface area contributed by atoms with Gasteiger partial charge in [-0.2, -0.15) is 0 Å². The van der Waals surface area contributed by atoms with Gasteiger partial charge in [0.25, 0.3) is 5.56 Å². The van der Waals surface area contributed by atoms with Crippen molar-refractivity contribution in [3.05, 3.63) is 70.8 Å². The number of carbonyl (C=O) groups excluding carboxylic acids is 1. The van der Waals surface area contributed by atoms with Crippen LogP contribution in [0.25, 0.3) is 22.1 Å². The van der Waals surface area contributed by atoms with Crippen LogP contribution in [0.4, 0.5) is 0 Å². The number of hydrogen-bond acceptors (Lipinski definition) is 5. The van der Waals surface area contributed by atoms with E-state index in [0.29, 0.717) is 17.6 Å². The smallest absolute Gasteiger partial charge is 0.297 e. The van der Waals surface area contributed by atoms with Crippen molar-refractivity contribution >= 4 is 28.0 Å². The summed E-state index contributed by atoms with van der Waals surface area (Å²) < 4.78 is 12.4. The topological polar surface area (TPSA) is 77.6 Å². The molecular formula is C23H21N3O4. The van der Waals surface area contributed by atoms with Crippen LogP contribution < -0.4 is 10.3 Å². The Labute approximate surface area is 172 Å². The van der Waals surface area contributed by atoms with E-state index in [1.807, 2.05) is 47.4 Å². The summed E-state index contributed by atoms with van der Waals surface area (Å²) in [5.41, 5.74) is 2.01. The number of amides is 1. The van der Waals surface area contributed by atoms with E-state index in [-0.39, 0.29) is 29.6 Å². The zero-order valence-corrected chi connectivity index (χ0v) is 16.6. The van der Waals surface area contributed by atoms with Crippen LogP contribution in [-0.2, 0) is 11.3 Å². The summed E-state index contributed by atoms with van der Waals surface area (Å²) in [5.74, 6) is 0.655. The average Bonchev–Trinajstić information content (AvgIpc) is 3.41. The fourth-order valence-corrected chi connectivity index (χ4v) is 4.23. The van der Waals surface area contributed by atoms with Gasteiger partial charge in [0.05, 0.1) is 19.5 Å². The lowest BCUT2D eigenvalue weighted by Gasteiger charge is -2.25. The molecule has 1 aliphatic heterocycles. The number of rotatable bonds is 4. The SMILES string of the molecule is COc1cccc(C2CCCN2C(=O)Cn2cnc3c(oc4ccccc43)c2=O)c1. The summed E-state index contributed by atoms with van der Waals surface area (Å²) in [4.78, 5) is 32.2. The van der Waals surface area contributed by atoms with E-state index in [0.717, 1.165) is 29.5 Å².